The first kappa shape index (κ1) is 20.3. The van der Waals surface area contributed by atoms with Gasteiger partial charge in [0.1, 0.15) is 12.4 Å². The Labute approximate surface area is 157 Å². The van der Waals surface area contributed by atoms with E-state index in [9.17, 15) is 14.4 Å². The van der Waals surface area contributed by atoms with Gasteiger partial charge >= 0.3 is 18.0 Å². The predicted molar refractivity (Wildman–Crippen MR) is 96.9 cm³/mol. The van der Waals surface area contributed by atoms with Crippen LogP contribution in [0.4, 0.5) is 4.79 Å². The van der Waals surface area contributed by atoms with E-state index in [0.29, 0.717) is 12.2 Å². The Morgan fingerprint density at radius 1 is 1.15 bits per heavy atom. The van der Waals surface area contributed by atoms with E-state index in [1.54, 1.807) is 45.0 Å². The molecule has 8 heteroatoms. The summed E-state index contributed by atoms with van der Waals surface area (Å²) in [6, 6.07) is 7.89. The number of benzene rings is 1. The summed E-state index contributed by atoms with van der Waals surface area (Å²) in [6.07, 6.45) is -0.393. The number of hydrogen-bond donors (Lipinski definition) is 2. The van der Waals surface area contributed by atoms with Crippen LogP contribution in [0.1, 0.15) is 27.2 Å². The second kappa shape index (κ2) is 9.61. The zero-order chi connectivity index (χ0) is 19.8. The van der Waals surface area contributed by atoms with Gasteiger partial charge in [-0.15, -0.1) is 0 Å². The number of carbonyl (C=O) groups is 3. The zero-order valence-electron chi connectivity index (χ0n) is 15.6. The summed E-state index contributed by atoms with van der Waals surface area (Å²) in [4.78, 5) is 36.2. The maximum absolute atomic E-state index is 12.4. The van der Waals surface area contributed by atoms with E-state index in [1.165, 1.54) is 0 Å². The molecular formula is C19H24N2O6. The van der Waals surface area contributed by atoms with Crippen molar-refractivity contribution in [3.05, 3.63) is 41.6 Å². The molecule has 8 nitrogen and oxygen atoms in total. The van der Waals surface area contributed by atoms with Crippen LogP contribution in [-0.2, 0) is 19.1 Å². The highest BCUT2D eigenvalue weighted by molar-refractivity contribution is 5.94. The summed E-state index contributed by atoms with van der Waals surface area (Å²) >= 11 is 0. The van der Waals surface area contributed by atoms with Crippen molar-refractivity contribution in [1.82, 2.24) is 10.6 Å². The minimum Gasteiger partial charge on any atom is -0.479 e. The van der Waals surface area contributed by atoms with Crippen LogP contribution in [0.2, 0.25) is 0 Å². The van der Waals surface area contributed by atoms with Gasteiger partial charge in [-0.2, -0.15) is 0 Å². The van der Waals surface area contributed by atoms with Gasteiger partial charge in [0.25, 0.3) is 0 Å². The molecule has 2 rings (SSSR count). The molecule has 0 aromatic heterocycles. The Kier molecular flexibility index (Phi) is 7.22. The Morgan fingerprint density at radius 2 is 1.85 bits per heavy atom. The molecule has 1 aliphatic rings. The lowest BCUT2D eigenvalue weighted by Gasteiger charge is -2.26. The Morgan fingerprint density at radius 3 is 2.48 bits per heavy atom. The van der Waals surface area contributed by atoms with Gasteiger partial charge in [0.2, 0.25) is 0 Å². The molecule has 0 bridgehead atoms. The molecule has 2 atom stereocenters. The molecule has 146 valence electrons. The molecule has 0 fully saturated rings. The zero-order valence-corrected chi connectivity index (χ0v) is 15.6. The lowest BCUT2D eigenvalue weighted by molar-refractivity contribution is -0.151. The third-order valence-electron chi connectivity index (χ3n) is 3.88. The van der Waals surface area contributed by atoms with Gasteiger partial charge in [0.05, 0.1) is 23.9 Å². The van der Waals surface area contributed by atoms with Crippen molar-refractivity contribution in [2.75, 3.05) is 13.2 Å². The molecule has 0 aliphatic carbocycles. The van der Waals surface area contributed by atoms with Gasteiger partial charge in [-0.05, 0) is 32.4 Å². The van der Waals surface area contributed by atoms with Gasteiger partial charge in [0, 0.05) is 0 Å². The lowest BCUT2D eigenvalue weighted by Crippen LogP contribution is -2.50. The van der Waals surface area contributed by atoms with E-state index in [4.69, 9.17) is 14.2 Å². The average molecular weight is 376 g/mol. The van der Waals surface area contributed by atoms with Crippen molar-refractivity contribution >= 4 is 18.0 Å². The molecule has 0 saturated heterocycles. The highest BCUT2D eigenvalue weighted by atomic mass is 16.6. The van der Waals surface area contributed by atoms with Crippen molar-refractivity contribution in [3.8, 4) is 5.75 Å². The van der Waals surface area contributed by atoms with Gasteiger partial charge in [0.15, 0.2) is 6.10 Å². The molecule has 2 N–H and O–H groups in total. The minimum absolute atomic E-state index is 0.193. The molecule has 1 aliphatic heterocycles. The maximum Gasteiger partial charge on any atom is 0.347 e. The first-order chi connectivity index (χ1) is 13.0. The molecule has 0 saturated carbocycles. The number of hydrogen-bond acceptors (Lipinski definition) is 6. The second-order valence-corrected chi connectivity index (χ2v) is 5.87. The van der Waals surface area contributed by atoms with Crippen LogP contribution in [0.15, 0.2) is 41.6 Å². The van der Waals surface area contributed by atoms with E-state index in [1.807, 2.05) is 6.07 Å². The smallest absolute Gasteiger partial charge is 0.347 e. The molecule has 0 radical (unpaired) electrons. The van der Waals surface area contributed by atoms with Crippen LogP contribution >= 0.6 is 0 Å². The van der Waals surface area contributed by atoms with Crippen molar-refractivity contribution in [3.63, 3.8) is 0 Å². The Bertz CT molecular complexity index is 716. The maximum atomic E-state index is 12.4. The van der Waals surface area contributed by atoms with Crippen molar-refractivity contribution in [2.45, 2.75) is 39.3 Å². The number of amides is 2. The first-order valence-corrected chi connectivity index (χ1v) is 8.82. The molecule has 0 spiro atoms. The van der Waals surface area contributed by atoms with Crippen molar-refractivity contribution in [2.24, 2.45) is 0 Å². The molecule has 1 heterocycles. The third kappa shape index (κ3) is 5.47. The molecule has 1 aromatic rings. The average Bonchev–Trinajstić information content (AvgIpc) is 2.64. The second-order valence-electron chi connectivity index (χ2n) is 5.87. The summed E-state index contributed by atoms with van der Waals surface area (Å²) in [6.45, 7) is 5.06. The number of para-hydroxylation sites is 1. The van der Waals surface area contributed by atoms with E-state index < -0.39 is 30.1 Å². The first-order valence-electron chi connectivity index (χ1n) is 8.82. The Hall–Kier alpha value is -3.03. The van der Waals surface area contributed by atoms with Crippen LogP contribution < -0.4 is 15.4 Å². The van der Waals surface area contributed by atoms with E-state index in [2.05, 4.69) is 10.6 Å². The predicted octanol–water partition coefficient (Wildman–Crippen LogP) is 1.91. The normalized spacial score (nSPS) is 17.4. The van der Waals surface area contributed by atoms with Crippen molar-refractivity contribution in [1.29, 1.82) is 0 Å². The highest BCUT2D eigenvalue weighted by Crippen LogP contribution is 2.16. The third-order valence-corrected chi connectivity index (χ3v) is 3.88. The van der Waals surface area contributed by atoms with Gasteiger partial charge < -0.3 is 24.8 Å². The van der Waals surface area contributed by atoms with Crippen molar-refractivity contribution < 1.29 is 28.6 Å². The number of carbonyl (C=O) groups excluding carboxylic acids is 3. The number of urea groups is 1. The molecular weight excluding hydrogens is 352 g/mol. The van der Waals surface area contributed by atoms with E-state index >= 15 is 0 Å². The van der Waals surface area contributed by atoms with E-state index in [0.717, 1.165) is 0 Å². The summed E-state index contributed by atoms with van der Waals surface area (Å²) in [5, 5.41) is 5.09. The van der Waals surface area contributed by atoms with Crippen LogP contribution in [0, 0.1) is 0 Å². The molecule has 27 heavy (non-hydrogen) atoms. The lowest BCUT2D eigenvalue weighted by atomic mass is 10.0. The topological polar surface area (TPSA) is 103 Å². The minimum atomic E-state index is -0.797. The fourth-order valence-electron chi connectivity index (χ4n) is 2.59. The van der Waals surface area contributed by atoms with Crippen LogP contribution in [0.5, 0.6) is 5.75 Å². The summed E-state index contributed by atoms with van der Waals surface area (Å²) in [5.74, 6) is -0.606. The fourth-order valence-corrected chi connectivity index (χ4v) is 2.59. The van der Waals surface area contributed by atoms with Gasteiger partial charge in [-0.25, -0.2) is 14.4 Å². The summed E-state index contributed by atoms with van der Waals surface area (Å²) in [7, 11) is 0. The molecule has 2 amide bonds. The number of rotatable bonds is 8. The van der Waals surface area contributed by atoms with E-state index in [-0.39, 0.29) is 24.5 Å². The molecule has 0 unspecified atom stereocenters. The standard InChI is InChI=1S/C19H24N2O6/c1-4-15(27-13-9-7-6-8-10-13)17(22)26-11-14-16(18(23)25-5-2)12(3)20-19(24)21-14/h6-10,12,15H,4-5,11H2,1-3H3,(H2,20,21,24)/t12-,15-/m0/s1. The fraction of sp³-hybridized carbons (Fsp3) is 0.421. The molecule has 1 aromatic carbocycles. The summed E-state index contributed by atoms with van der Waals surface area (Å²) in [5.41, 5.74) is 0.425. The monoisotopic (exact) mass is 376 g/mol. The van der Waals surface area contributed by atoms with Crippen LogP contribution in [0.25, 0.3) is 0 Å². The number of ether oxygens (including phenoxy) is 3. The SMILES string of the molecule is CCOC(=O)C1=C(COC(=O)[C@H](CC)Oc2ccccc2)NC(=O)N[C@H]1C. The number of esters is 2. The quantitative estimate of drug-likeness (QED) is 0.672. The Balaban J connectivity index is 2.08. The van der Waals surface area contributed by atoms with Crippen LogP contribution in [0.3, 0.4) is 0 Å². The van der Waals surface area contributed by atoms with Gasteiger partial charge in [-0.1, -0.05) is 25.1 Å². The highest BCUT2D eigenvalue weighted by Gasteiger charge is 2.31. The largest absolute Gasteiger partial charge is 0.479 e. The number of nitrogens with one attached hydrogen (secondary N) is 2. The van der Waals surface area contributed by atoms with Gasteiger partial charge in [-0.3, -0.25) is 0 Å². The van der Waals surface area contributed by atoms with Crippen LogP contribution in [-0.4, -0.2) is 43.3 Å². The summed E-state index contributed by atoms with van der Waals surface area (Å²) < 4.78 is 15.9.